The Kier molecular flexibility index (Phi) is 5.35. The largest absolute Gasteiger partial charge is 0.488 e. The molecule has 0 fully saturated rings. The molecule has 5 heteroatoms. The molecule has 2 aromatic carbocycles. The number of carbonyl (C=O) groups is 1. The van der Waals surface area contributed by atoms with Crippen molar-refractivity contribution in [2.24, 2.45) is 5.10 Å². The molecule has 0 aliphatic carbocycles. The predicted octanol–water partition coefficient (Wildman–Crippen LogP) is 3.39. The number of halogens is 1. The SMILES string of the molecule is CC(=O)NN=Cc1cc(Cl)ccc1OCc1ccccc1. The minimum absolute atomic E-state index is 0.236. The van der Waals surface area contributed by atoms with Crippen molar-refractivity contribution < 1.29 is 9.53 Å². The van der Waals surface area contributed by atoms with Gasteiger partial charge in [0.2, 0.25) is 5.91 Å². The smallest absolute Gasteiger partial charge is 0.236 e. The van der Waals surface area contributed by atoms with Crippen LogP contribution in [-0.4, -0.2) is 12.1 Å². The number of amides is 1. The molecule has 0 saturated carbocycles. The summed E-state index contributed by atoms with van der Waals surface area (Å²) < 4.78 is 5.77. The Hall–Kier alpha value is -2.33. The first kappa shape index (κ1) is 15.1. The number of nitrogens with zero attached hydrogens (tertiary/aromatic N) is 1. The second-order valence-corrected chi connectivity index (χ2v) is 4.82. The Labute approximate surface area is 128 Å². The number of hydrogen-bond donors (Lipinski definition) is 1. The lowest BCUT2D eigenvalue weighted by molar-refractivity contribution is -0.118. The van der Waals surface area contributed by atoms with Crippen molar-refractivity contribution >= 4 is 23.7 Å². The molecule has 0 bridgehead atoms. The zero-order valence-corrected chi connectivity index (χ0v) is 12.3. The molecule has 108 valence electrons. The maximum Gasteiger partial charge on any atom is 0.236 e. The third kappa shape index (κ3) is 4.93. The lowest BCUT2D eigenvalue weighted by atomic mass is 10.2. The van der Waals surface area contributed by atoms with Gasteiger partial charge < -0.3 is 4.74 Å². The summed E-state index contributed by atoms with van der Waals surface area (Å²) in [5.41, 5.74) is 4.11. The van der Waals surface area contributed by atoms with Gasteiger partial charge in [0.15, 0.2) is 0 Å². The molecule has 0 heterocycles. The van der Waals surface area contributed by atoms with E-state index in [0.29, 0.717) is 22.9 Å². The number of nitrogens with one attached hydrogen (secondary N) is 1. The third-order valence-electron chi connectivity index (χ3n) is 2.63. The summed E-state index contributed by atoms with van der Waals surface area (Å²) >= 11 is 5.97. The number of ether oxygens (including phenoxy) is 1. The molecular formula is C16H15ClN2O2. The molecule has 2 rings (SSSR count). The van der Waals surface area contributed by atoms with Crippen molar-refractivity contribution in [1.29, 1.82) is 0 Å². The van der Waals surface area contributed by atoms with Crippen LogP contribution in [0.15, 0.2) is 53.6 Å². The Morgan fingerprint density at radius 1 is 1.29 bits per heavy atom. The number of rotatable bonds is 5. The lowest BCUT2D eigenvalue weighted by Crippen LogP contribution is -2.12. The van der Waals surface area contributed by atoms with Gasteiger partial charge in [0.25, 0.3) is 0 Å². The molecule has 0 spiro atoms. The molecule has 0 radical (unpaired) electrons. The number of hydrogen-bond acceptors (Lipinski definition) is 3. The van der Waals surface area contributed by atoms with Crippen LogP contribution in [0.4, 0.5) is 0 Å². The fourth-order valence-electron chi connectivity index (χ4n) is 1.68. The van der Waals surface area contributed by atoms with Gasteiger partial charge in [0, 0.05) is 17.5 Å². The summed E-state index contributed by atoms with van der Waals surface area (Å²) in [7, 11) is 0. The van der Waals surface area contributed by atoms with Crippen molar-refractivity contribution in [3.8, 4) is 5.75 Å². The highest BCUT2D eigenvalue weighted by molar-refractivity contribution is 6.30. The van der Waals surface area contributed by atoms with Gasteiger partial charge in [0.1, 0.15) is 12.4 Å². The van der Waals surface area contributed by atoms with Gasteiger partial charge in [-0.1, -0.05) is 41.9 Å². The van der Waals surface area contributed by atoms with Crippen LogP contribution in [0.5, 0.6) is 5.75 Å². The minimum atomic E-state index is -0.236. The van der Waals surface area contributed by atoms with Crippen molar-refractivity contribution in [2.75, 3.05) is 0 Å². The zero-order valence-electron chi connectivity index (χ0n) is 11.5. The van der Waals surface area contributed by atoms with Crippen LogP contribution >= 0.6 is 11.6 Å². The van der Waals surface area contributed by atoms with Gasteiger partial charge >= 0.3 is 0 Å². The van der Waals surface area contributed by atoms with Crippen LogP contribution in [0.3, 0.4) is 0 Å². The van der Waals surface area contributed by atoms with Crippen molar-refractivity contribution in [2.45, 2.75) is 13.5 Å². The van der Waals surface area contributed by atoms with Crippen LogP contribution in [0.1, 0.15) is 18.1 Å². The summed E-state index contributed by atoms with van der Waals surface area (Å²) in [5.74, 6) is 0.414. The summed E-state index contributed by atoms with van der Waals surface area (Å²) in [6, 6.07) is 15.1. The lowest BCUT2D eigenvalue weighted by Gasteiger charge is -2.09. The van der Waals surface area contributed by atoms with Crippen LogP contribution in [0, 0.1) is 0 Å². The molecule has 4 nitrogen and oxygen atoms in total. The Bertz CT molecular complexity index is 642. The highest BCUT2D eigenvalue weighted by Crippen LogP contribution is 2.22. The summed E-state index contributed by atoms with van der Waals surface area (Å²) in [5, 5.41) is 4.41. The van der Waals surface area contributed by atoms with Gasteiger partial charge in [-0.3, -0.25) is 4.79 Å². The van der Waals surface area contributed by atoms with E-state index in [1.54, 1.807) is 18.2 Å². The standard InChI is InChI=1S/C16H15ClN2O2/c1-12(20)19-18-10-14-9-15(17)7-8-16(14)21-11-13-5-3-2-4-6-13/h2-10H,11H2,1H3,(H,19,20). The Morgan fingerprint density at radius 3 is 2.76 bits per heavy atom. The number of hydrazone groups is 1. The normalized spacial score (nSPS) is 10.6. The predicted molar refractivity (Wildman–Crippen MR) is 83.6 cm³/mol. The highest BCUT2D eigenvalue weighted by atomic mass is 35.5. The first-order valence-electron chi connectivity index (χ1n) is 6.41. The molecule has 1 amide bonds. The van der Waals surface area contributed by atoms with Crippen LogP contribution in [0.2, 0.25) is 5.02 Å². The van der Waals surface area contributed by atoms with Crippen LogP contribution < -0.4 is 10.2 Å². The molecule has 0 aromatic heterocycles. The molecule has 0 saturated heterocycles. The molecule has 2 aromatic rings. The van der Waals surface area contributed by atoms with Crippen molar-refractivity contribution in [1.82, 2.24) is 5.43 Å². The minimum Gasteiger partial charge on any atom is -0.488 e. The van der Waals surface area contributed by atoms with E-state index in [2.05, 4.69) is 10.5 Å². The van der Waals surface area contributed by atoms with E-state index in [0.717, 1.165) is 5.56 Å². The molecule has 0 aliphatic rings. The average molecular weight is 303 g/mol. The van der Waals surface area contributed by atoms with Crippen molar-refractivity contribution in [3.05, 3.63) is 64.7 Å². The molecule has 0 aliphatic heterocycles. The maximum atomic E-state index is 10.8. The average Bonchev–Trinajstić information content (AvgIpc) is 2.47. The second kappa shape index (κ2) is 7.45. The first-order valence-corrected chi connectivity index (χ1v) is 6.79. The van der Waals surface area contributed by atoms with Crippen molar-refractivity contribution in [3.63, 3.8) is 0 Å². The van der Waals surface area contributed by atoms with E-state index in [9.17, 15) is 4.79 Å². The van der Waals surface area contributed by atoms with Gasteiger partial charge in [-0.25, -0.2) is 5.43 Å². The quantitative estimate of drug-likeness (QED) is 0.680. The summed E-state index contributed by atoms with van der Waals surface area (Å²) in [6.45, 7) is 1.84. The molecule has 0 atom stereocenters. The monoisotopic (exact) mass is 302 g/mol. The van der Waals surface area contributed by atoms with Gasteiger partial charge in [-0.05, 0) is 23.8 Å². The van der Waals surface area contributed by atoms with Crippen LogP contribution in [-0.2, 0) is 11.4 Å². The van der Waals surface area contributed by atoms with E-state index in [4.69, 9.17) is 16.3 Å². The highest BCUT2D eigenvalue weighted by Gasteiger charge is 2.03. The third-order valence-corrected chi connectivity index (χ3v) is 2.87. The summed E-state index contributed by atoms with van der Waals surface area (Å²) in [4.78, 5) is 10.8. The van der Waals surface area contributed by atoms with E-state index >= 15 is 0 Å². The number of benzene rings is 2. The van der Waals surface area contributed by atoms with Gasteiger partial charge in [0.05, 0.1) is 6.21 Å². The van der Waals surface area contributed by atoms with E-state index in [1.165, 1.54) is 13.1 Å². The molecule has 1 N–H and O–H groups in total. The fourth-order valence-corrected chi connectivity index (χ4v) is 1.86. The van der Waals surface area contributed by atoms with Gasteiger partial charge in [-0.15, -0.1) is 0 Å². The molecule has 21 heavy (non-hydrogen) atoms. The van der Waals surface area contributed by atoms with E-state index in [1.807, 2.05) is 30.3 Å². The van der Waals surface area contributed by atoms with E-state index < -0.39 is 0 Å². The summed E-state index contributed by atoms with van der Waals surface area (Å²) in [6.07, 6.45) is 1.51. The fraction of sp³-hybridized carbons (Fsp3) is 0.125. The van der Waals surface area contributed by atoms with E-state index in [-0.39, 0.29) is 5.91 Å². The molecule has 0 unspecified atom stereocenters. The zero-order chi connectivity index (χ0) is 15.1. The second-order valence-electron chi connectivity index (χ2n) is 4.38. The topological polar surface area (TPSA) is 50.7 Å². The Balaban J connectivity index is 2.11. The first-order chi connectivity index (χ1) is 10.1. The number of carbonyl (C=O) groups excluding carboxylic acids is 1. The van der Waals surface area contributed by atoms with Gasteiger partial charge in [-0.2, -0.15) is 5.10 Å². The maximum absolute atomic E-state index is 10.8. The Morgan fingerprint density at radius 2 is 2.05 bits per heavy atom. The van der Waals surface area contributed by atoms with Crippen LogP contribution in [0.25, 0.3) is 0 Å². The molecular weight excluding hydrogens is 288 g/mol.